The van der Waals surface area contributed by atoms with Crippen molar-refractivity contribution in [1.82, 2.24) is 4.90 Å². The van der Waals surface area contributed by atoms with Crippen molar-refractivity contribution in [2.45, 2.75) is 76.1 Å². The maximum atomic E-state index is 12.9. The lowest BCUT2D eigenvalue weighted by Crippen LogP contribution is -2.41. The van der Waals surface area contributed by atoms with Crippen LogP contribution >= 0.6 is 0 Å². The lowest BCUT2D eigenvalue weighted by molar-refractivity contribution is -0.152. The first-order valence-electron chi connectivity index (χ1n) is 14.5. The SMILES string of the molecule is C=C/C=C(\CCCC(=O)OC1=CCC(CCC(=O)N2CCOCC2)[C@@H](C2=NOC(CC(=O)O)(CC(O)O)C2)C1)N=C(N)N. The highest BCUT2D eigenvalue weighted by Gasteiger charge is 2.46. The number of aliphatic imine (C=N–C) groups is 1. The van der Waals surface area contributed by atoms with E-state index in [1.807, 2.05) is 6.08 Å². The maximum absolute atomic E-state index is 12.9. The second-order valence-electron chi connectivity index (χ2n) is 11.1. The molecule has 0 spiro atoms. The smallest absolute Gasteiger partial charge is 0.310 e. The monoisotopic (exact) mass is 605 g/mol. The number of carbonyl (C=O) groups excluding carboxylic acids is 2. The van der Waals surface area contributed by atoms with Gasteiger partial charge in [-0.25, -0.2) is 4.99 Å². The summed E-state index contributed by atoms with van der Waals surface area (Å²) in [5.74, 6) is -1.55. The Morgan fingerprint density at radius 3 is 2.63 bits per heavy atom. The van der Waals surface area contributed by atoms with Crippen molar-refractivity contribution >= 4 is 29.5 Å². The normalized spacial score (nSPS) is 24.1. The van der Waals surface area contributed by atoms with Gasteiger partial charge in [0, 0.05) is 56.8 Å². The Labute approximate surface area is 250 Å². The molecule has 7 N–H and O–H groups in total. The summed E-state index contributed by atoms with van der Waals surface area (Å²) in [5, 5.41) is 32.9. The fraction of sp³-hybridized carbons (Fsp3) is 0.621. The van der Waals surface area contributed by atoms with Crippen molar-refractivity contribution in [1.29, 1.82) is 0 Å². The Morgan fingerprint density at radius 1 is 1.23 bits per heavy atom. The molecule has 0 aromatic heterocycles. The van der Waals surface area contributed by atoms with E-state index < -0.39 is 30.3 Å². The highest BCUT2D eigenvalue weighted by atomic mass is 16.7. The number of esters is 1. The second-order valence-corrected chi connectivity index (χ2v) is 11.1. The average molecular weight is 606 g/mol. The zero-order valence-corrected chi connectivity index (χ0v) is 24.4. The number of ether oxygens (including phenoxy) is 2. The molecular formula is C29H43N5O9. The minimum atomic E-state index is -1.78. The fourth-order valence-electron chi connectivity index (χ4n) is 5.71. The highest BCUT2D eigenvalue weighted by Crippen LogP contribution is 2.41. The molecule has 238 valence electrons. The Hall–Kier alpha value is -3.75. The number of nitrogens with two attached hydrogens (primary N) is 2. The summed E-state index contributed by atoms with van der Waals surface area (Å²) in [6.07, 6.45) is 5.20. The van der Waals surface area contributed by atoms with Gasteiger partial charge in [0.2, 0.25) is 5.91 Å². The molecule has 3 atom stereocenters. The van der Waals surface area contributed by atoms with Crippen LogP contribution in [0.15, 0.2) is 46.4 Å². The third-order valence-corrected chi connectivity index (χ3v) is 7.69. The standard InChI is InChI=1S/C29H43N5O9/c1-2-4-20(32-28(30)31)5-3-6-27(40)42-21-9-7-19(8-10-24(35)34-11-13-41-14-12-34)22(15-21)23-16-29(43-33-23,17-25(36)37)18-26(38)39/h2,4,9,19,22,25,36-37H,1,3,5-8,10-18H2,(H,38,39)(H4,30,31,32)/b20-4+/t19?,22-,29?/m0/s1. The van der Waals surface area contributed by atoms with Crippen LogP contribution in [0, 0.1) is 11.8 Å². The molecule has 3 aliphatic rings. The molecular weight excluding hydrogens is 562 g/mol. The molecule has 1 fully saturated rings. The lowest BCUT2D eigenvalue weighted by atomic mass is 9.74. The highest BCUT2D eigenvalue weighted by molar-refractivity contribution is 5.90. The van der Waals surface area contributed by atoms with E-state index in [1.54, 1.807) is 17.1 Å². The Kier molecular flexibility index (Phi) is 12.7. The van der Waals surface area contributed by atoms with E-state index in [9.17, 15) is 29.7 Å². The second kappa shape index (κ2) is 16.2. The van der Waals surface area contributed by atoms with Gasteiger partial charge in [0.1, 0.15) is 5.76 Å². The molecule has 0 aromatic carbocycles. The van der Waals surface area contributed by atoms with E-state index in [-0.39, 0.29) is 43.0 Å². The number of carboxylic acid groups (broad SMARTS) is 1. The summed E-state index contributed by atoms with van der Waals surface area (Å²) < 4.78 is 11.0. The Balaban J connectivity index is 1.68. The summed E-state index contributed by atoms with van der Waals surface area (Å²) in [7, 11) is 0. The van der Waals surface area contributed by atoms with Crippen LogP contribution in [0.4, 0.5) is 0 Å². The van der Waals surface area contributed by atoms with E-state index in [0.29, 0.717) is 82.0 Å². The predicted octanol–water partition coefficient (Wildman–Crippen LogP) is 1.28. The summed E-state index contributed by atoms with van der Waals surface area (Å²) in [5.41, 5.74) is 10.6. The number of aliphatic carboxylic acids is 1. The van der Waals surface area contributed by atoms with Gasteiger partial charge in [0.05, 0.1) is 25.3 Å². The molecule has 2 heterocycles. The van der Waals surface area contributed by atoms with Crippen LogP contribution < -0.4 is 11.5 Å². The van der Waals surface area contributed by atoms with Crippen molar-refractivity contribution in [2.75, 3.05) is 26.3 Å². The van der Waals surface area contributed by atoms with Gasteiger partial charge in [-0.05, 0) is 43.8 Å². The van der Waals surface area contributed by atoms with Crippen LogP contribution in [0.1, 0.15) is 64.2 Å². The van der Waals surface area contributed by atoms with Crippen LogP contribution in [0.3, 0.4) is 0 Å². The molecule has 1 saturated heterocycles. The molecule has 2 unspecified atom stereocenters. The first-order valence-corrected chi connectivity index (χ1v) is 14.5. The number of aliphatic hydroxyl groups excluding tert-OH is 1. The van der Waals surface area contributed by atoms with Crippen LogP contribution in [-0.2, 0) is 28.7 Å². The van der Waals surface area contributed by atoms with Crippen molar-refractivity contribution in [3.8, 4) is 0 Å². The number of hydrogen-bond donors (Lipinski definition) is 5. The van der Waals surface area contributed by atoms with E-state index >= 15 is 0 Å². The number of amides is 1. The molecule has 2 aliphatic heterocycles. The number of aliphatic hydroxyl groups is 2. The molecule has 0 radical (unpaired) electrons. The number of oxime groups is 1. The van der Waals surface area contributed by atoms with Crippen molar-refractivity contribution in [2.24, 2.45) is 33.5 Å². The number of nitrogens with zero attached hydrogens (tertiary/aromatic N) is 3. The molecule has 1 amide bonds. The first-order chi connectivity index (χ1) is 20.5. The van der Waals surface area contributed by atoms with Gasteiger partial charge >= 0.3 is 11.9 Å². The average Bonchev–Trinajstić information content (AvgIpc) is 3.34. The number of rotatable bonds is 15. The van der Waals surface area contributed by atoms with Gasteiger partial charge in [-0.1, -0.05) is 17.8 Å². The first kappa shape index (κ1) is 33.7. The Morgan fingerprint density at radius 2 is 1.98 bits per heavy atom. The summed E-state index contributed by atoms with van der Waals surface area (Å²) in [6, 6.07) is 0. The van der Waals surface area contributed by atoms with Crippen LogP contribution in [-0.4, -0.2) is 87.9 Å². The molecule has 0 saturated carbocycles. The van der Waals surface area contributed by atoms with Crippen LogP contribution in [0.25, 0.3) is 0 Å². The van der Waals surface area contributed by atoms with Crippen LogP contribution in [0.2, 0.25) is 0 Å². The van der Waals surface area contributed by atoms with E-state index in [4.69, 9.17) is 25.8 Å². The number of guanidine groups is 1. The molecule has 3 rings (SSSR count). The number of hydrogen-bond acceptors (Lipinski definition) is 10. The van der Waals surface area contributed by atoms with Gasteiger partial charge in [-0.3, -0.25) is 14.4 Å². The van der Waals surface area contributed by atoms with Gasteiger partial charge in [0.25, 0.3) is 0 Å². The van der Waals surface area contributed by atoms with Crippen molar-refractivity contribution in [3.63, 3.8) is 0 Å². The third kappa shape index (κ3) is 10.8. The third-order valence-electron chi connectivity index (χ3n) is 7.69. The molecule has 1 aliphatic carbocycles. The van der Waals surface area contributed by atoms with Crippen molar-refractivity contribution < 1.29 is 44.0 Å². The molecule has 14 heteroatoms. The topological polar surface area (TPSA) is 220 Å². The van der Waals surface area contributed by atoms with Crippen LogP contribution in [0.5, 0.6) is 0 Å². The summed E-state index contributed by atoms with van der Waals surface area (Å²) in [6.45, 7) is 5.74. The lowest BCUT2D eigenvalue weighted by Gasteiger charge is -2.32. The molecule has 43 heavy (non-hydrogen) atoms. The number of carboxylic acids is 1. The van der Waals surface area contributed by atoms with E-state index in [1.165, 1.54) is 0 Å². The number of allylic oxidation sites excluding steroid dienone is 5. The molecule has 0 aromatic rings. The van der Waals surface area contributed by atoms with Gasteiger partial charge in [0.15, 0.2) is 17.9 Å². The zero-order chi connectivity index (χ0) is 31.4. The maximum Gasteiger partial charge on any atom is 0.310 e. The summed E-state index contributed by atoms with van der Waals surface area (Å²) >= 11 is 0. The molecule has 14 nitrogen and oxygen atoms in total. The quantitative estimate of drug-likeness (QED) is 0.0588. The van der Waals surface area contributed by atoms with E-state index in [2.05, 4.69) is 16.7 Å². The predicted molar refractivity (Wildman–Crippen MR) is 156 cm³/mol. The largest absolute Gasteiger partial charge is 0.481 e. The minimum absolute atomic E-state index is 0.0297. The zero-order valence-electron chi connectivity index (χ0n) is 24.4. The fourth-order valence-corrected chi connectivity index (χ4v) is 5.71. The summed E-state index contributed by atoms with van der Waals surface area (Å²) in [4.78, 5) is 48.5. The van der Waals surface area contributed by atoms with Gasteiger partial charge in [-0.2, -0.15) is 0 Å². The van der Waals surface area contributed by atoms with Crippen molar-refractivity contribution in [3.05, 3.63) is 36.3 Å². The van der Waals surface area contributed by atoms with Gasteiger partial charge in [-0.15, -0.1) is 0 Å². The van der Waals surface area contributed by atoms with Gasteiger partial charge < -0.3 is 46.0 Å². The number of morpholine rings is 1. The minimum Gasteiger partial charge on any atom is -0.481 e. The molecule has 0 bridgehead atoms. The Bertz CT molecular complexity index is 1140. The van der Waals surface area contributed by atoms with E-state index in [0.717, 1.165) is 0 Å². The number of carbonyl (C=O) groups is 3.